The van der Waals surface area contributed by atoms with E-state index in [9.17, 15) is 21.6 Å². The van der Waals surface area contributed by atoms with Crippen molar-refractivity contribution in [1.82, 2.24) is 5.32 Å². The van der Waals surface area contributed by atoms with Gasteiger partial charge < -0.3 is 5.32 Å². The molecular formula is C13H18F3NO2S. The Morgan fingerprint density at radius 3 is 2.05 bits per heavy atom. The lowest BCUT2D eigenvalue weighted by molar-refractivity contribution is -0.137. The molecule has 0 aliphatic carbocycles. The van der Waals surface area contributed by atoms with Gasteiger partial charge in [0.15, 0.2) is 9.84 Å². The maximum absolute atomic E-state index is 12.5. The van der Waals surface area contributed by atoms with Crippen LogP contribution >= 0.6 is 0 Å². The molecule has 0 spiro atoms. The molecule has 1 aromatic rings. The lowest BCUT2D eigenvalue weighted by atomic mass is 10.2. The van der Waals surface area contributed by atoms with E-state index in [0.717, 1.165) is 24.3 Å². The van der Waals surface area contributed by atoms with Gasteiger partial charge in [0.05, 0.1) is 15.7 Å². The Balaban J connectivity index is 3.11. The summed E-state index contributed by atoms with van der Waals surface area (Å²) in [6, 6.07) is 3.36. The Bertz CT molecular complexity index is 534. The second-order valence-electron chi connectivity index (χ2n) is 4.58. The number of halogens is 3. The summed E-state index contributed by atoms with van der Waals surface area (Å²) in [5.74, 6) is 0. The van der Waals surface area contributed by atoms with Crippen LogP contribution in [0.2, 0.25) is 0 Å². The standard InChI is InChI=1S/C13H18F3NO2S/c1-4-12(17-3)9(2)20(18,19)11-7-5-10(6-8-11)13(14,15)16/h5-9,12,17H,4H2,1-3H3. The van der Waals surface area contributed by atoms with Gasteiger partial charge in [-0.05, 0) is 44.7 Å². The van der Waals surface area contributed by atoms with E-state index < -0.39 is 26.8 Å². The number of hydrogen-bond acceptors (Lipinski definition) is 3. The summed E-state index contributed by atoms with van der Waals surface area (Å²) in [5, 5.41) is 2.19. The van der Waals surface area contributed by atoms with Crippen molar-refractivity contribution in [3.8, 4) is 0 Å². The van der Waals surface area contributed by atoms with Gasteiger partial charge in [0.2, 0.25) is 0 Å². The predicted octanol–water partition coefficient (Wildman–Crippen LogP) is 2.87. The van der Waals surface area contributed by atoms with E-state index in [0.29, 0.717) is 6.42 Å². The quantitative estimate of drug-likeness (QED) is 0.910. The lowest BCUT2D eigenvalue weighted by Gasteiger charge is -2.22. The van der Waals surface area contributed by atoms with E-state index in [-0.39, 0.29) is 10.9 Å². The molecule has 2 atom stereocenters. The summed E-state index contributed by atoms with van der Waals surface area (Å²) >= 11 is 0. The zero-order valence-electron chi connectivity index (χ0n) is 11.5. The molecule has 0 aliphatic rings. The van der Waals surface area contributed by atoms with Gasteiger partial charge in [0.1, 0.15) is 0 Å². The van der Waals surface area contributed by atoms with Crippen LogP contribution < -0.4 is 5.32 Å². The van der Waals surface area contributed by atoms with Crippen molar-refractivity contribution in [1.29, 1.82) is 0 Å². The Morgan fingerprint density at radius 2 is 1.70 bits per heavy atom. The molecule has 0 saturated heterocycles. The van der Waals surface area contributed by atoms with Gasteiger partial charge in [0, 0.05) is 6.04 Å². The average molecular weight is 309 g/mol. The first kappa shape index (κ1) is 17.0. The smallest absolute Gasteiger partial charge is 0.316 e. The SMILES string of the molecule is CCC(NC)C(C)S(=O)(=O)c1ccc(C(F)(F)F)cc1. The van der Waals surface area contributed by atoms with Gasteiger partial charge in [-0.25, -0.2) is 8.42 Å². The van der Waals surface area contributed by atoms with Crippen LogP contribution in [-0.2, 0) is 16.0 Å². The fourth-order valence-electron chi connectivity index (χ4n) is 2.04. The first-order valence-electron chi connectivity index (χ1n) is 6.23. The molecule has 7 heteroatoms. The molecule has 0 amide bonds. The topological polar surface area (TPSA) is 46.2 Å². The van der Waals surface area contributed by atoms with Gasteiger partial charge in [0.25, 0.3) is 0 Å². The summed E-state index contributed by atoms with van der Waals surface area (Å²) < 4.78 is 62.0. The summed E-state index contributed by atoms with van der Waals surface area (Å²) in [6.07, 6.45) is -3.86. The molecule has 0 bridgehead atoms. The fourth-order valence-corrected chi connectivity index (χ4v) is 3.74. The van der Waals surface area contributed by atoms with Crippen LogP contribution in [0, 0.1) is 0 Å². The molecular weight excluding hydrogens is 291 g/mol. The van der Waals surface area contributed by atoms with Crippen LogP contribution in [-0.4, -0.2) is 26.8 Å². The lowest BCUT2D eigenvalue weighted by Crippen LogP contribution is -2.40. The molecule has 20 heavy (non-hydrogen) atoms. The third-order valence-electron chi connectivity index (χ3n) is 3.38. The van der Waals surface area contributed by atoms with E-state index in [4.69, 9.17) is 0 Å². The summed E-state index contributed by atoms with van der Waals surface area (Å²) in [7, 11) is -1.99. The molecule has 2 unspecified atom stereocenters. The van der Waals surface area contributed by atoms with Crippen LogP contribution in [0.4, 0.5) is 13.2 Å². The molecule has 0 saturated carbocycles. The molecule has 1 N–H and O–H groups in total. The minimum atomic E-state index is -4.47. The number of alkyl halides is 3. The maximum Gasteiger partial charge on any atom is 0.416 e. The molecule has 0 aliphatic heterocycles. The maximum atomic E-state index is 12.5. The second kappa shape index (κ2) is 6.13. The fraction of sp³-hybridized carbons (Fsp3) is 0.538. The van der Waals surface area contributed by atoms with Crippen LogP contribution in [0.15, 0.2) is 29.2 Å². The first-order valence-corrected chi connectivity index (χ1v) is 7.77. The molecule has 0 heterocycles. The number of rotatable bonds is 5. The summed E-state index contributed by atoms with van der Waals surface area (Å²) in [5.41, 5.74) is -0.857. The zero-order chi connectivity index (χ0) is 15.6. The van der Waals surface area contributed by atoms with E-state index in [1.54, 1.807) is 14.0 Å². The molecule has 0 fully saturated rings. The van der Waals surface area contributed by atoms with Crippen molar-refractivity contribution in [3.05, 3.63) is 29.8 Å². The normalized spacial score (nSPS) is 15.9. The largest absolute Gasteiger partial charge is 0.416 e. The van der Waals surface area contributed by atoms with Crippen molar-refractivity contribution in [2.45, 2.75) is 42.6 Å². The molecule has 0 radical (unpaired) electrons. The van der Waals surface area contributed by atoms with E-state index in [2.05, 4.69) is 5.32 Å². The van der Waals surface area contributed by atoms with Gasteiger partial charge in [-0.1, -0.05) is 6.92 Å². The highest BCUT2D eigenvalue weighted by Gasteiger charge is 2.32. The predicted molar refractivity (Wildman–Crippen MR) is 71.2 cm³/mol. The van der Waals surface area contributed by atoms with Gasteiger partial charge in [-0.3, -0.25) is 0 Å². The number of sulfone groups is 1. The monoisotopic (exact) mass is 309 g/mol. The highest BCUT2D eigenvalue weighted by molar-refractivity contribution is 7.92. The third-order valence-corrected chi connectivity index (χ3v) is 5.61. The van der Waals surface area contributed by atoms with Crippen LogP contribution in [0.1, 0.15) is 25.8 Å². The van der Waals surface area contributed by atoms with Crippen molar-refractivity contribution in [3.63, 3.8) is 0 Å². The Kier molecular flexibility index (Phi) is 5.21. The number of nitrogens with one attached hydrogen (secondary N) is 1. The Labute approximate surface area is 117 Å². The van der Waals surface area contributed by atoms with Crippen molar-refractivity contribution in [2.24, 2.45) is 0 Å². The zero-order valence-corrected chi connectivity index (χ0v) is 12.3. The van der Waals surface area contributed by atoms with Crippen molar-refractivity contribution >= 4 is 9.84 Å². The van der Waals surface area contributed by atoms with E-state index in [1.165, 1.54) is 0 Å². The molecule has 114 valence electrons. The minimum Gasteiger partial charge on any atom is -0.316 e. The average Bonchev–Trinajstić information content (AvgIpc) is 2.39. The van der Waals surface area contributed by atoms with Crippen LogP contribution in [0.5, 0.6) is 0 Å². The molecule has 1 aromatic carbocycles. The van der Waals surface area contributed by atoms with Crippen molar-refractivity contribution in [2.75, 3.05) is 7.05 Å². The second-order valence-corrected chi connectivity index (χ2v) is 6.88. The number of hydrogen-bond donors (Lipinski definition) is 1. The summed E-state index contributed by atoms with van der Waals surface area (Å²) in [6.45, 7) is 3.40. The summed E-state index contributed by atoms with van der Waals surface area (Å²) in [4.78, 5) is -0.0910. The molecule has 0 aromatic heterocycles. The Hall–Kier alpha value is -1.08. The molecule has 1 rings (SSSR count). The molecule has 3 nitrogen and oxygen atoms in total. The number of benzene rings is 1. The highest BCUT2D eigenvalue weighted by Crippen LogP contribution is 2.30. The van der Waals surface area contributed by atoms with E-state index >= 15 is 0 Å². The highest BCUT2D eigenvalue weighted by atomic mass is 32.2. The van der Waals surface area contributed by atoms with Gasteiger partial charge in [-0.2, -0.15) is 13.2 Å². The van der Waals surface area contributed by atoms with Gasteiger partial charge in [-0.15, -0.1) is 0 Å². The first-order chi connectivity index (χ1) is 9.14. The third kappa shape index (κ3) is 3.52. The van der Waals surface area contributed by atoms with Gasteiger partial charge >= 0.3 is 6.18 Å². The van der Waals surface area contributed by atoms with E-state index in [1.807, 2.05) is 6.92 Å². The Morgan fingerprint density at radius 1 is 1.20 bits per heavy atom. The van der Waals surface area contributed by atoms with Crippen molar-refractivity contribution < 1.29 is 21.6 Å². The van der Waals surface area contributed by atoms with Crippen LogP contribution in [0.3, 0.4) is 0 Å². The van der Waals surface area contributed by atoms with Crippen LogP contribution in [0.25, 0.3) is 0 Å². The minimum absolute atomic E-state index is 0.0910.